The third-order valence-electron chi connectivity index (χ3n) is 8.53. The lowest BCUT2D eigenvalue weighted by molar-refractivity contribution is 0.395. The summed E-state index contributed by atoms with van der Waals surface area (Å²) >= 11 is 8.36. The molecule has 4 aromatic rings. The molecule has 2 saturated heterocycles. The van der Waals surface area contributed by atoms with Gasteiger partial charge in [0.15, 0.2) is 0 Å². The van der Waals surface area contributed by atoms with E-state index in [4.69, 9.17) is 36.0 Å². The van der Waals surface area contributed by atoms with Crippen LogP contribution < -0.4 is 28.9 Å². The van der Waals surface area contributed by atoms with Crippen molar-refractivity contribution < 1.29 is 9.47 Å². The van der Waals surface area contributed by atoms with Crippen molar-refractivity contribution in [3.63, 3.8) is 0 Å². The number of piperazine rings is 1. The zero-order valence-corrected chi connectivity index (χ0v) is 26.2. The number of nitrogens with one attached hydrogen (secondary N) is 1. The molecule has 1 saturated carbocycles. The maximum Gasteiger partial charge on any atom is 0.225 e. The van der Waals surface area contributed by atoms with Gasteiger partial charge in [-0.3, -0.25) is 4.72 Å². The van der Waals surface area contributed by atoms with Gasteiger partial charge in [-0.2, -0.15) is 0 Å². The highest BCUT2D eigenvalue weighted by Gasteiger charge is 2.26. The van der Waals surface area contributed by atoms with Gasteiger partial charge in [-0.25, -0.2) is 15.0 Å². The lowest BCUT2D eigenvalue weighted by Gasteiger charge is -2.37. The fourth-order valence-corrected chi connectivity index (χ4v) is 7.03. The van der Waals surface area contributed by atoms with Crippen molar-refractivity contribution in [3.05, 3.63) is 54.1 Å². The highest BCUT2D eigenvalue weighted by atomic mass is 35.5. The Hall–Kier alpha value is -3.41. The van der Waals surface area contributed by atoms with Gasteiger partial charge < -0.3 is 28.6 Å². The maximum absolute atomic E-state index is 6.42. The number of pyridine rings is 1. The highest BCUT2D eigenvalue weighted by molar-refractivity contribution is 7.98. The maximum atomic E-state index is 6.42. The molecule has 0 unspecified atom stereocenters. The van der Waals surface area contributed by atoms with E-state index in [9.17, 15) is 0 Å². The summed E-state index contributed by atoms with van der Waals surface area (Å²) in [7, 11) is 3.23. The third-order valence-corrected chi connectivity index (χ3v) is 10.1. The summed E-state index contributed by atoms with van der Waals surface area (Å²) in [4.78, 5) is 21.5. The molecule has 2 aliphatic heterocycles. The number of hydrogen-bond donors (Lipinski definition) is 1. The number of aromatic nitrogens is 4. The van der Waals surface area contributed by atoms with Gasteiger partial charge in [-0.05, 0) is 37.8 Å². The van der Waals surface area contributed by atoms with Crippen molar-refractivity contribution in [2.75, 3.05) is 68.2 Å². The number of halogens is 1. The van der Waals surface area contributed by atoms with Gasteiger partial charge in [0.05, 0.1) is 43.0 Å². The van der Waals surface area contributed by atoms with Gasteiger partial charge in [0.25, 0.3) is 0 Å². The molecule has 0 bridgehead atoms. The van der Waals surface area contributed by atoms with Crippen LogP contribution in [-0.2, 0) is 0 Å². The largest absolute Gasteiger partial charge is 0.496 e. The number of imidazole rings is 1. The van der Waals surface area contributed by atoms with Crippen LogP contribution in [0.3, 0.4) is 0 Å². The van der Waals surface area contributed by atoms with Crippen molar-refractivity contribution in [2.24, 2.45) is 0 Å². The molecular formula is C31H37ClN8O2S. The van der Waals surface area contributed by atoms with E-state index >= 15 is 0 Å². The molecule has 3 fully saturated rings. The fourth-order valence-electron chi connectivity index (χ4n) is 5.80. The second-order valence-electron chi connectivity index (χ2n) is 11.4. The number of ether oxygens (including phenoxy) is 2. The Morgan fingerprint density at radius 3 is 2.21 bits per heavy atom. The van der Waals surface area contributed by atoms with E-state index in [1.54, 1.807) is 20.3 Å². The summed E-state index contributed by atoms with van der Waals surface area (Å²) in [5.41, 5.74) is 4.73. The van der Waals surface area contributed by atoms with Crippen LogP contribution in [0.5, 0.6) is 11.5 Å². The van der Waals surface area contributed by atoms with E-state index < -0.39 is 0 Å². The van der Waals surface area contributed by atoms with E-state index in [0.717, 1.165) is 91.6 Å². The molecule has 5 heterocycles. The highest BCUT2D eigenvalue weighted by Crippen LogP contribution is 2.38. The van der Waals surface area contributed by atoms with Crippen LogP contribution in [-0.4, -0.2) is 84.1 Å². The first-order chi connectivity index (χ1) is 21.1. The number of benzene rings is 1. The van der Waals surface area contributed by atoms with Crippen molar-refractivity contribution in [1.29, 1.82) is 0 Å². The minimum absolute atomic E-state index is 0.518. The number of anilines is 3. The summed E-state index contributed by atoms with van der Waals surface area (Å²) in [6.07, 6.45) is 13.0. The minimum Gasteiger partial charge on any atom is -0.496 e. The average Bonchev–Trinajstić information content (AvgIpc) is 3.80. The summed E-state index contributed by atoms with van der Waals surface area (Å²) < 4.78 is 16.6. The van der Waals surface area contributed by atoms with Crippen LogP contribution in [0.25, 0.3) is 16.9 Å². The molecule has 1 N–H and O–H groups in total. The minimum atomic E-state index is 0.518. The van der Waals surface area contributed by atoms with E-state index in [-0.39, 0.29) is 0 Å². The zero-order valence-electron chi connectivity index (χ0n) is 24.6. The Morgan fingerprint density at radius 1 is 0.837 bits per heavy atom. The Kier molecular flexibility index (Phi) is 8.11. The Balaban J connectivity index is 0.965. The van der Waals surface area contributed by atoms with Crippen molar-refractivity contribution in [1.82, 2.24) is 24.1 Å². The normalized spacial score (nSPS) is 18.0. The monoisotopic (exact) mass is 620 g/mol. The van der Waals surface area contributed by atoms with E-state index in [0.29, 0.717) is 22.6 Å². The molecule has 0 spiro atoms. The van der Waals surface area contributed by atoms with Gasteiger partial charge >= 0.3 is 0 Å². The molecule has 10 nitrogen and oxygen atoms in total. The molecule has 0 amide bonds. The van der Waals surface area contributed by atoms with Gasteiger partial charge in [-0.15, -0.1) is 0 Å². The second kappa shape index (κ2) is 12.3. The van der Waals surface area contributed by atoms with Gasteiger partial charge in [0, 0.05) is 86.3 Å². The molecule has 1 aliphatic carbocycles. The first kappa shape index (κ1) is 28.4. The molecule has 3 aromatic heterocycles. The van der Waals surface area contributed by atoms with Gasteiger partial charge in [0.1, 0.15) is 17.1 Å². The van der Waals surface area contributed by atoms with E-state index in [1.807, 2.05) is 41.0 Å². The molecule has 12 heteroatoms. The number of methoxy groups -OCH3 is 2. The molecular weight excluding hydrogens is 584 g/mol. The summed E-state index contributed by atoms with van der Waals surface area (Å²) in [5, 5.41) is 1.37. The zero-order chi connectivity index (χ0) is 29.3. The van der Waals surface area contributed by atoms with Crippen LogP contribution in [0.15, 0.2) is 49.1 Å². The fraction of sp³-hybridized carbons (Fsp3) is 0.452. The predicted octanol–water partition coefficient (Wildman–Crippen LogP) is 5.16. The molecule has 43 heavy (non-hydrogen) atoms. The number of piperidine rings is 1. The summed E-state index contributed by atoms with van der Waals surface area (Å²) in [6.45, 7) is 5.64. The first-order valence-corrected chi connectivity index (χ1v) is 16.2. The number of hydrogen-bond acceptors (Lipinski definition) is 10. The molecule has 226 valence electrons. The Bertz CT molecular complexity index is 1560. The van der Waals surface area contributed by atoms with Crippen LogP contribution in [0.4, 0.5) is 17.3 Å². The van der Waals surface area contributed by atoms with E-state index in [1.165, 1.54) is 12.8 Å². The smallest absolute Gasteiger partial charge is 0.225 e. The Labute approximate surface area is 261 Å². The third kappa shape index (κ3) is 6.16. The summed E-state index contributed by atoms with van der Waals surface area (Å²) in [6, 6.07) is 8.52. The number of nitrogens with zero attached hydrogens (tertiary/aromatic N) is 7. The molecule has 0 atom stereocenters. The van der Waals surface area contributed by atoms with Crippen molar-refractivity contribution >= 4 is 46.5 Å². The van der Waals surface area contributed by atoms with Crippen LogP contribution in [0.1, 0.15) is 25.7 Å². The quantitative estimate of drug-likeness (QED) is 0.253. The predicted molar refractivity (Wildman–Crippen MR) is 174 cm³/mol. The summed E-state index contributed by atoms with van der Waals surface area (Å²) in [5.74, 6) is 2.08. The molecule has 0 radical (unpaired) electrons. The van der Waals surface area contributed by atoms with Crippen molar-refractivity contribution in [3.8, 4) is 22.8 Å². The lowest BCUT2D eigenvalue weighted by atomic mass is 10.1. The standard InChI is InChI=1S/C31H37ClN8O2S/c1-41-28-17-29(42-2)26(32)16-25(28)27-20-40-10-7-22(15-30(40)35-27)37-11-13-38(14-12-37)23-18-33-31(34-19-23)39-8-5-21(6-9-39)36-43-24-3-4-24/h7,10,15-21,24,36H,3-6,8-9,11-14H2,1-2H3. The first-order valence-electron chi connectivity index (χ1n) is 15.0. The number of rotatable bonds is 9. The SMILES string of the molecule is COc1cc(OC)c(-c2cn3ccc(N4CCN(c5cnc(N6CCC(NSC7CC7)CC6)nc5)CC4)cc3n2)cc1Cl. The lowest BCUT2D eigenvalue weighted by Crippen LogP contribution is -2.46. The Morgan fingerprint density at radius 2 is 1.53 bits per heavy atom. The van der Waals surface area contributed by atoms with Crippen LogP contribution >= 0.6 is 23.5 Å². The number of fused-ring (bicyclic) bond motifs is 1. The van der Waals surface area contributed by atoms with Crippen LogP contribution in [0, 0.1) is 0 Å². The van der Waals surface area contributed by atoms with Crippen LogP contribution in [0.2, 0.25) is 5.02 Å². The molecule has 3 aliphatic rings. The van der Waals surface area contributed by atoms with Gasteiger partial charge in [0.2, 0.25) is 5.95 Å². The van der Waals surface area contributed by atoms with Crippen molar-refractivity contribution in [2.45, 2.75) is 37.0 Å². The molecule has 1 aromatic carbocycles. The second-order valence-corrected chi connectivity index (χ2v) is 12.9. The molecule has 7 rings (SSSR count). The van der Waals surface area contributed by atoms with Gasteiger partial charge in [-0.1, -0.05) is 23.5 Å². The topological polar surface area (TPSA) is 83.3 Å². The average molecular weight is 621 g/mol. The van der Waals surface area contributed by atoms with E-state index in [2.05, 4.69) is 37.8 Å².